The first kappa shape index (κ1) is 37.0. The Morgan fingerprint density at radius 2 is 0.924 bits per heavy atom. The highest BCUT2D eigenvalue weighted by Gasteiger charge is 2.32. The molecule has 4 nitrogen and oxygen atoms in total. The molecule has 0 bridgehead atoms. The highest BCUT2D eigenvalue weighted by Crippen LogP contribution is 2.51. The van der Waals surface area contributed by atoms with E-state index >= 15 is 0 Å². The third-order valence-corrected chi connectivity index (χ3v) is 14.1. The lowest BCUT2D eigenvalue weighted by molar-refractivity contribution is 0.649. The van der Waals surface area contributed by atoms with Crippen molar-refractivity contribution in [1.82, 2.24) is 15.0 Å². The van der Waals surface area contributed by atoms with Crippen LogP contribution in [0.4, 0.5) is 0 Å². The summed E-state index contributed by atoms with van der Waals surface area (Å²) in [6, 6.07) is 74.4. The molecule has 0 amide bonds. The molecule has 1 aliphatic rings. The van der Waals surface area contributed by atoms with Crippen molar-refractivity contribution in [3.05, 3.63) is 223 Å². The van der Waals surface area contributed by atoms with Crippen molar-refractivity contribution in [1.29, 1.82) is 0 Å². The summed E-state index contributed by atoms with van der Waals surface area (Å²) in [7, 11) is 0. The van der Waals surface area contributed by atoms with Crippen LogP contribution in [0.25, 0.3) is 121 Å². The minimum absolute atomic E-state index is 0.0790. The molecule has 13 aromatic rings. The molecule has 1 aliphatic carbocycles. The number of fused-ring (bicyclic) bond motifs is 13. The van der Waals surface area contributed by atoms with Crippen LogP contribution in [0, 0.1) is 0 Å². The minimum Gasteiger partial charge on any atom is -0.456 e. The van der Waals surface area contributed by atoms with Gasteiger partial charge in [0.15, 0.2) is 17.5 Å². The summed E-state index contributed by atoms with van der Waals surface area (Å²) < 4.78 is 7.26. The fourth-order valence-corrected chi connectivity index (χ4v) is 11.0. The average molecular weight is 842 g/mol. The van der Waals surface area contributed by atoms with Gasteiger partial charge in [-0.1, -0.05) is 170 Å². The molecule has 308 valence electrons. The van der Waals surface area contributed by atoms with E-state index < -0.39 is 0 Å². The SMILES string of the molecule is c1ccc(-c2nc(-c3ccc4c(ccc5ccccc54)c3)nc(-c3ccc4c(oc5cc6ccccc6cc54)c3C3CCc4cc5ccccc5cc4-c4ccc5ccccc5c43)n2)cc1. The second-order valence-corrected chi connectivity index (χ2v) is 17.8. The molecule has 0 N–H and O–H groups in total. The Kier molecular flexibility index (Phi) is 8.14. The van der Waals surface area contributed by atoms with Crippen LogP contribution >= 0.6 is 0 Å². The average Bonchev–Trinajstić information content (AvgIpc) is 3.66. The normalized spacial score (nSPS) is 13.8. The van der Waals surface area contributed by atoms with Crippen LogP contribution in [0.1, 0.15) is 29.0 Å². The molecular formula is C62H39N3O. The van der Waals surface area contributed by atoms with Crippen molar-refractivity contribution in [2.45, 2.75) is 18.8 Å². The van der Waals surface area contributed by atoms with Crippen LogP contribution in [-0.2, 0) is 6.42 Å². The summed E-state index contributed by atoms with van der Waals surface area (Å²) in [6.45, 7) is 0. The van der Waals surface area contributed by atoms with E-state index in [0.29, 0.717) is 17.5 Å². The Hall–Kier alpha value is -8.47. The molecule has 2 heterocycles. The van der Waals surface area contributed by atoms with Crippen molar-refractivity contribution in [2.24, 2.45) is 0 Å². The van der Waals surface area contributed by atoms with Gasteiger partial charge in [-0.25, -0.2) is 15.0 Å². The molecule has 1 unspecified atom stereocenters. The zero-order chi connectivity index (χ0) is 43.3. The molecule has 66 heavy (non-hydrogen) atoms. The molecule has 0 radical (unpaired) electrons. The van der Waals surface area contributed by atoms with Gasteiger partial charge < -0.3 is 4.42 Å². The maximum atomic E-state index is 7.26. The number of rotatable bonds is 4. The van der Waals surface area contributed by atoms with Crippen molar-refractivity contribution in [3.8, 4) is 45.3 Å². The van der Waals surface area contributed by atoms with Gasteiger partial charge in [0.25, 0.3) is 0 Å². The molecule has 4 heteroatoms. The van der Waals surface area contributed by atoms with Crippen molar-refractivity contribution in [2.75, 3.05) is 0 Å². The second kappa shape index (κ2) is 14.5. The molecule has 1 atom stereocenters. The molecular weight excluding hydrogens is 803 g/mol. The number of benzene rings is 11. The predicted octanol–water partition coefficient (Wildman–Crippen LogP) is 16.3. The fraction of sp³-hybridized carbons (Fsp3) is 0.0484. The van der Waals surface area contributed by atoms with Gasteiger partial charge >= 0.3 is 0 Å². The zero-order valence-corrected chi connectivity index (χ0v) is 35.9. The van der Waals surface area contributed by atoms with Crippen LogP contribution in [-0.4, -0.2) is 15.0 Å². The van der Waals surface area contributed by atoms with Gasteiger partial charge in [-0.15, -0.1) is 0 Å². The van der Waals surface area contributed by atoms with E-state index in [1.165, 1.54) is 65.3 Å². The number of aromatic nitrogens is 3. The van der Waals surface area contributed by atoms with Crippen molar-refractivity contribution < 1.29 is 4.42 Å². The highest BCUT2D eigenvalue weighted by atomic mass is 16.3. The van der Waals surface area contributed by atoms with E-state index in [4.69, 9.17) is 19.4 Å². The first-order chi connectivity index (χ1) is 32.7. The first-order valence-electron chi connectivity index (χ1n) is 22.8. The molecule has 0 fully saturated rings. The Labute approximate surface area is 380 Å². The summed E-state index contributed by atoms with van der Waals surface area (Å²) in [6.07, 6.45) is 1.75. The van der Waals surface area contributed by atoms with Crippen LogP contribution in [0.5, 0.6) is 0 Å². The Balaban J connectivity index is 1.07. The maximum absolute atomic E-state index is 7.26. The maximum Gasteiger partial charge on any atom is 0.164 e. The number of aryl methyl sites for hydroxylation is 1. The zero-order valence-electron chi connectivity index (χ0n) is 35.9. The summed E-state index contributed by atoms with van der Waals surface area (Å²) in [4.78, 5) is 16.1. The Morgan fingerprint density at radius 1 is 0.348 bits per heavy atom. The largest absolute Gasteiger partial charge is 0.456 e. The van der Waals surface area contributed by atoms with Gasteiger partial charge in [0, 0.05) is 38.9 Å². The van der Waals surface area contributed by atoms with Crippen LogP contribution in [0.15, 0.2) is 211 Å². The quantitative estimate of drug-likeness (QED) is 0.166. The van der Waals surface area contributed by atoms with Gasteiger partial charge in [0.1, 0.15) is 11.2 Å². The number of hydrogen-bond acceptors (Lipinski definition) is 4. The number of nitrogens with zero attached hydrogens (tertiary/aromatic N) is 3. The smallest absolute Gasteiger partial charge is 0.164 e. The third-order valence-electron chi connectivity index (χ3n) is 14.1. The van der Waals surface area contributed by atoms with Crippen LogP contribution < -0.4 is 0 Å². The lowest BCUT2D eigenvalue weighted by atomic mass is 9.80. The Morgan fingerprint density at radius 3 is 1.73 bits per heavy atom. The minimum atomic E-state index is -0.0790. The third kappa shape index (κ3) is 5.81. The van der Waals surface area contributed by atoms with Gasteiger partial charge in [-0.05, 0) is 125 Å². The highest BCUT2D eigenvalue weighted by molar-refractivity contribution is 6.13. The summed E-state index contributed by atoms with van der Waals surface area (Å²) in [5, 5.41) is 14.3. The molecule has 0 saturated heterocycles. The van der Waals surface area contributed by atoms with Crippen LogP contribution in [0.2, 0.25) is 0 Å². The topological polar surface area (TPSA) is 51.8 Å². The molecule has 2 aromatic heterocycles. The summed E-state index contributed by atoms with van der Waals surface area (Å²) in [5.41, 5.74) is 10.9. The molecule has 14 rings (SSSR count). The summed E-state index contributed by atoms with van der Waals surface area (Å²) in [5.74, 6) is 1.79. The van der Waals surface area contributed by atoms with Crippen LogP contribution in [0.3, 0.4) is 0 Å². The van der Waals surface area contributed by atoms with E-state index in [1.807, 2.05) is 18.2 Å². The molecule has 0 aliphatic heterocycles. The molecule has 0 spiro atoms. The van der Waals surface area contributed by atoms with E-state index in [-0.39, 0.29) is 5.92 Å². The lowest BCUT2D eigenvalue weighted by Gasteiger charge is -2.24. The molecule has 11 aromatic carbocycles. The Bertz CT molecular complexity index is 4130. The molecule has 0 saturated carbocycles. The van der Waals surface area contributed by atoms with Crippen molar-refractivity contribution >= 4 is 75.8 Å². The first-order valence-corrected chi connectivity index (χ1v) is 22.8. The predicted molar refractivity (Wildman–Crippen MR) is 273 cm³/mol. The monoisotopic (exact) mass is 841 g/mol. The fourth-order valence-electron chi connectivity index (χ4n) is 11.0. The van der Waals surface area contributed by atoms with Crippen molar-refractivity contribution in [3.63, 3.8) is 0 Å². The van der Waals surface area contributed by atoms with Gasteiger partial charge in [-0.3, -0.25) is 0 Å². The van der Waals surface area contributed by atoms with Gasteiger partial charge in [-0.2, -0.15) is 0 Å². The van der Waals surface area contributed by atoms with Gasteiger partial charge in [0.05, 0.1) is 0 Å². The lowest BCUT2D eigenvalue weighted by Crippen LogP contribution is -2.08. The number of hydrogen-bond donors (Lipinski definition) is 0. The van der Waals surface area contributed by atoms with E-state index in [0.717, 1.165) is 67.8 Å². The van der Waals surface area contributed by atoms with E-state index in [9.17, 15) is 0 Å². The van der Waals surface area contributed by atoms with E-state index in [1.54, 1.807) is 0 Å². The second-order valence-electron chi connectivity index (χ2n) is 17.8. The van der Waals surface area contributed by atoms with E-state index in [2.05, 4.69) is 188 Å². The standard InChI is InChI=1S/C62H39N3O/c1-2-14-39(15-3-1)60-63-61(46-26-27-48-44(33-46)23-22-37-12-8-10-20-47(37)48)65-62(64-60)53-31-30-51-55-35-42-18-6-7-19-43(42)36-56(55)66-59(51)58(53)52-29-25-45-32-40-16-4-5-17-41(40)34-54(45)50-28-24-38-13-9-11-21-49(38)57(50)52/h1-24,26-28,30-36,52H,25,29H2. The van der Waals surface area contributed by atoms with Gasteiger partial charge in [0.2, 0.25) is 0 Å². The number of furan rings is 1. The summed E-state index contributed by atoms with van der Waals surface area (Å²) >= 11 is 0.